The van der Waals surface area contributed by atoms with Crippen LogP contribution in [0.2, 0.25) is 0 Å². The standard InChI is InChI=1S/C9H11F3N2O/c1-5(15)8(13)6-2-3-7(14-4-6)9(10,11)12/h2-5,8,15H,13H2,1H3/t5-,8-/m0/s1. The maximum Gasteiger partial charge on any atom is 0.433 e. The van der Waals surface area contributed by atoms with Crippen LogP contribution in [0.25, 0.3) is 0 Å². The number of aliphatic hydroxyl groups excluding tert-OH is 1. The van der Waals surface area contributed by atoms with E-state index < -0.39 is 24.0 Å². The summed E-state index contributed by atoms with van der Waals surface area (Å²) in [4.78, 5) is 3.24. The molecule has 1 aromatic heterocycles. The SMILES string of the molecule is C[C@H](O)[C@H](N)c1ccc(C(F)(F)F)nc1. The largest absolute Gasteiger partial charge is 0.433 e. The van der Waals surface area contributed by atoms with Crippen molar-refractivity contribution >= 4 is 0 Å². The molecule has 0 spiro atoms. The van der Waals surface area contributed by atoms with Gasteiger partial charge < -0.3 is 10.8 Å². The molecule has 3 N–H and O–H groups in total. The van der Waals surface area contributed by atoms with Gasteiger partial charge in [0.2, 0.25) is 0 Å². The minimum atomic E-state index is -4.45. The number of nitrogens with two attached hydrogens (primary N) is 1. The summed E-state index contributed by atoms with van der Waals surface area (Å²) < 4.78 is 36.4. The first-order chi connectivity index (χ1) is 6.82. The van der Waals surface area contributed by atoms with Crippen LogP contribution in [0.15, 0.2) is 18.3 Å². The number of rotatable bonds is 2. The fourth-order valence-electron chi connectivity index (χ4n) is 1.05. The quantitative estimate of drug-likeness (QED) is 0.793. The van der Waals surface area contributed by atoms with Crippen molar-refractivity contribution in [1.82, 2.24) is 4.98 Å². The third-order valence-electron chi connectivity index (χ3n) is 1.98. The Balaban J connectivity index is 2.91. The zero-order valence-electron chi connectivity index (χ0n) is 7.99. The van der Waals surface area contributed by atoms with Crippen molar-refractivity contribution in [3.05, 3.63) is 29.6 Å². The van der Waals surface area contributed by atoms with Gasteiger partial charge in [0, 0.05) is 6.20 Å². The number of aliphatic hydroxyl groups is 1. The summed E-state index contributed by atoms with van der Waals surface area (Å²) in [7, 11) is 0. The summed E-state index contributed by atoms with van der Waals surface area (Å²) in [6.45, 7) is 1.46. The predicted octanol–water partition coefficient (Wildman–Crippen LogP) is 1.48. The van der Waals surface area contributed by atoms with Gasteiger partial charge in [-0.15, -0.1) is 0 Å². The minimum absolute atomic E-state index is 0.373. The lowest BCUT2D eigenvalue weighted by Gasteiger charge is -2.15. The number of alkyl halides is 3. The molecule has 3 nitrogen and oxygen atoms in total. The molecule has 15 heavy (non-hydrogen) atoms. The Kier molecular flexibility index (Phi) is 3.31. The van der Waals surface area contributed by atoms with Crippen LogP contribution in [0.4, 0.5) is 13.2 Å². The molecule has 0 fully saturated rings. The molecule has 2 atom stereocenters. The van der Waals surface area contributed by atoms with E-state index in [9.17, 15) is 13.2 Å². The van der Waals surface area contributed by atoms with Crippen LogP contribution in [0.5, 0.6) is 0 Å². The number of pyridine rings is 1. The average molecular weight is 220 g/mol. The molecule has 0 aromatic carbocycles. The summed E-state index contributed by atoms with van der Waals surface area (Å²) in [5.41, 5.74) is 4.93. The van der Waals surface area contributed by atoms with E-state index in [1.54, 1.807) is 0 Å². The third kappa shape index (κ3) is 2.90. The lowest BCUT2D eigenvalue weighted by atomic mass is 10.1. The van der Waals surface area contributed by atoms with E-state index >= 15 is 0 Å². The molecular formula is C9H11F3N2O. The van der Waals surface area contributed by atoms with Gasteiger partial charge in [-0.05, 0) is 18.6 Å². The molecule has 0 aliphatic carbocycles. The van der Waals surface area contributed by atoms with E-state index in [-0.39, 0.29) is 0 Å². The molecular weight excluding hydrogens is 209 g/mol. The smallest absolute Gasteiger partial charge is 0.391 e. The second kappa shape index (κ2) is 4.16. The number of halogens is 3. The van der Waals surface area contributed by atoms with Gasteiger partial charge in [-0.3, -0.25) is 4.98 Å². The van der Waals surface area contributed by atoms with Crippen molar-refractivity contribution in [1.29, 1.82) is 0 Å². The molecule has 6 heteroatoms. The maximum absolute atomic E-state index is 12.1. The van der Waals surface area contributed by atoms with E-state index in [4.69, 9.17) is 10.8 Å². The Hall–Kier alpha value is -1.14. The molecule has 1 aromatic rings. The molecule has 0 radical (unpaired) electrons. The van der Waals surface area contributed by atoms with Crippen LogP contribution in [0.1, 0.15) is 24.2 Å². The average Bonchev–Trinajstić information content (AvgIpc) is 2.15. The van der Waals surface area contributed by atoms with E-state index in [1.165, 1.54) is 13.0 Å². The monoisotopic (exact) mass is 220 g/mol. The minimum Gasteiger partial charge on any atom is -0.391 e. The summed E-state index contributed by atoms with van der Waals surface area (Å²) >= 11 is 0. The van der Waals surface area contributed by atoms with Gasteiger partial charge in [0.15, 0.2) is 0 Å². The first kappa shape index (κ1) is 11.9. The Labute approximate surface area is 84.7 Å². The lowest BCUT2D eigenvalue weighted by Crippen LogP contribution is -2.23. The molecule has 1 heterocycles. The van der Waals surface area contributed by atoms with Gasteiger partial charge in [0.05, 0.1) is 12.1 Å². The molecule has 0 aliphatic rings. The van der Waals surface area contributed by atoms with Gasteiger partial charge in [0.1, 0.15) is 5.69 Å². The van der Waals surface area contributed by atoms with E-state index in [1.807, 2.05) is 0 Å². The first-order valence-corrected chi connectivity index (χ1v) is 4.29. The number of hydrogen-bond donors (Lipinski definition) is 2. The second-order valence-corrected chi connectivity index (χ2v) is 3.24. The van der Waals surface area contributed by atoms with Crippen molar-refractivity contribution in [2.45, 2.75) is 25.2 Å². The van der Waals surface area contributed by atoms with E-state index in [0.29, 0.717) is 5.56 Å². The van der Waals surface area contributed by atoms with E-state index in [2.05, 4.69) is 4.98 Å². The maximum atomic E-state index is 12.1. The van der Waals surface area contributed by atoms with Gasteiger partial charge in [0.25, 0.3) is 0 Å². The van der Waals surface area contributed by atoms with Crippen molar-refractivity contribution < 1.29 is 18.3 Å². The highest BCUT2D eigenvalue weighted by Crippen LogP contribution is 2.27. The molecule has 1 rings (SSSR count). The molecule has 0 amide bonds. The van der Waals surface area contributed by atoms with Crippen LogP contribution in [0, 0.1) is 0 Å². The fraction of sp³-hybridized carbons (Fsp3) is 0.444. The molecule has 0 saturated heterocycles. The molecule has 84 valence electrons. The van der Waals surface area contributed by atoms with Crippen LogP contribution in [0.3, 0.4) is 0 Å². The Bertz CT molecular complexity index is 321. The molecule has 0 saturated carbocycles. The highest BCUT2D eigenvalue weighted by molar-refractivity contribution is 5.19. The van der Waals surface area contributed by atoms with Crippen molar-refractivity contribution in [3.8, 4) is 0 Å². The fourth-order valence-corrected chi connectivity index (χ4v) is 1.05. The van der Waals surface area contributed by atoms with Gasteiger partial charge in [-0.25, -0.2) is 0 Å². The zero-order chi connectivity index (χ0) is 11.6. The highest BCUT2D eigenvalue weighted by atomic mass is 19.4. The molecule has 0 aliphatic heterocycles. The van der Waals surface area contributed by atoms with Crippen LogP contribution in [-0.2, 0) is 6.18 Å². The predicted molar refractivity (Wildman–Crippen MR) is 47.8 cm³/mol. The summed E-state index contributed by atoms with van der Waals surface area (Å²) in [5, 5.41) is 9.13. The normalized spacial score (nSPS) is 16.1. The van der Waals surface area contributed by atoms with Crippen molar-refractivity contribution in [3.63, 3.8) is 0 Å². The van der Waals surface area contributed by atoms with Gasteiger partial charge >= 0.3 is 6.18 Å². The second-order valence-electron chi connectivity index (χ2n) is 3.24. The van der Waals surface area contributed by atoms with Gasteiger partial charge in [-0.1, -0.05) is 6.07 Å². The number of nitrogens with zero attached hydrogens (tertiary/aromatic N) is 1. The third-order valence-corrected chi connectivity index (χ3v) is 1.98. The number of aromatic nitrogens is 1. The first-order valence-electron chi connectivity index (χ1n) is 4.29. The molecule has 0 unspecified atom stereocenters. The summed E-state index contributed by atoms with van der Waals surface area (Å²) in [5.74, 6) is 0. The Morgan fingerprint density at radius 3 is 2.33 bits per heavy atom. The Morgan fingerprint density at radius 1 is 1.40 bits per heavy atom. The van der Waals surface area contributed by atoms with Crippen LogP contribution in [-0.4, -0.2) is 16.2 Å². The number of hydrogen-bond acceptors (Lipinski definition) is 3. The Morgan fingerprint density at radius 2 is 2.00 bits per heavy atom. The summed E-state index contributed by atoms with van der Waals surface area (Å²) in [6, 6.07) is 1.34. The van der Waals surface area contributed by atoms with Crippen molar-refractivity contribution in [2.24, 2.45) is 5.73 Å². The lowest BCUT2D eigenvalue weighted by molar-refractivity contribution is -0.141. The van der Waals surface area contributed by atoms with Gasteiger partial charge in [-0.2, -0.15) is 13.2 Å². The van der Waals surface area contributed by atoms with Crippen LogP contribution < -0.4 is 5.73 Å². The summed E-state index contributed by atoms with van der Waals surface area (Å²) in [6.07, 6.45) is -4.25. The highest BCUT2D eigenvalue weighted by Gasteiger charge is 2.32. The van der Waals surface area contributed by atoms with Crippen LogP contribution >= 0.6 is 0 Å². The van der Waals surface area contributed by atoms with Crippen molar-refractivity contribution in [2.75, 3.05) is 0 Å². The zero-order valence-corrected chi connectivity index (χ0v) is 7.99. The topological polar surface area (TPSA) is 59.1 Å². The van der Waals surface area contributed by atoms with E-state index in [0.717, 1.165) is 12.3 Å². The molecule has 0 bridgehead atoms.